The molecule has 1 saturated heterocycles. The number of carbonyl (C=O) groups excluding carboxylic acids is 1. The van der Waals surface area contributed by atoms with Gasteiger partial charge in [0.15, 0.2) is 0 Å². The lowest BCUT2D eigenvalue weighted by Gasteiger charge is -2.31. The topological polar surface area (TPSA) is 77.7 Å². The second-order valence-electron chi connectivity index (χ2n) is 7.01. The van der Waals surface area contributed by atoms with Crippen molar-refractivity contribution in [1.29, 1.82) is 0 Å². The molecule has 0 N–H and O–H groups in total. The van der Waals surface area contributed by atoms with Gasteiger partial charge in [-0.05, 0) is 43.2 Å². The number of benzene rings is 2. The quantitative estimate of drug-likeness (QED) is 0.657. The molecule has 0 aliphatic carbocycles. The van der Waals surface area contributed by atoms with Crippen molar-refractivity contribution < 1.29 is 18.8 Å². The molecule has 0 bridgehead atoms. The van der Waals surface area contributed by atoms with Crippen LogP contribution in [0.2, 0.25) is 0 Å². The van der Waals surface area contributed by atoms with Gasteiger partial charge >= 0.3 is 0 Å². The first-order valence-electron chi connectivity index (χ1n) is 9.59. The summed E-state index contributed by atoms with van der Waals surface area (Å²) in [6.45, 7) is 1.26. The normalized spacial score (nSPS) is 16.5. The molecule has 2 heterocycles. The number of aromatic nitrogens is 2. The van der Waals surface area contributed by atoms with Crippen molar-refractivity contribution in [3.05, 3.63) is 60.0 Å². The number of hydrogen-bond acceptors (Lipinski definition) is 6. The van der Waals surface area contributed by atoms with Gasteiger partial charge < -0.3 is 18.9 Å². The summed E-state index contributed by atoms with van der Waals surface area (Å²) in [5.41, 5.74) is 1.45. The van der Waals surface area contributed by atoms with Gasteiger partial charge in [-0.1, -0.05) is 23.4 Å². The molecule has 1 aromatic heterocycles. The Balaban J connectivity index is 1.50. The van der Waals surface area contributed by atoms with Gasteiger partial charge in [0, 0.05) is 24.2 Å². The summed E-state index contributed by atoms with van der Waals surface area (Å²) in [5, 5.41) is 4.13. The van der Waals surface area contributed by atoms with Crippen LogP contribution in [0.1, 0.15) is 35.0 Å². The van der Waals surface area contributed by atoms with Crippen LogP contribution in [0.15, 0.2) is 53.1 Å². The van der Waals surface area contributed by atoms with Gasteiger partial charge in [0.05, 0.1) is 20.1 Å². The van der Waals surface area contributed by atoms with E-state index >= 15 is 0 Å². The Morgan fingerprint density at radius 1 is 1.10 bits per heavy atom. The van der Waals surface area contributed by atoms with E-state index < -0.39 is 0 Å². The van der Waals surface area contributed by atoms with Crippen molar-refractivity contribution in [2.45, 2.75) is 18.8 Å². The molecule has 1 unspecified atom stereocenters. The maximum Gasteiger partial charge on any atom is 0.254 e. The van der Waals surface area contributed by atoms with E-state index in [9.17, 15) is 4.79 Å². The summed E-state index contributed by atoms with van der Waals surface area (Å²) in [4.78, 5) is 19.4. The lowest BCUT2D eigenvalue weighted by atomic mass is 9.97. The number of methoxy groups -OCH3 is 2. The van der Waals surface area contributed by atoms with Crippen LogP contribution in [0, 0.1) is 0 Å². The van der Waals surface area contributed by atoms with Gasteiger partial charge in [-0.25, -0.2) is 0 Å². The van der Waals surface area contributed by atoms with E-state index in [1.54, 1.807) is 20.3 Å². The van der Waals surface area contributed by atoms with E-state index in [2.05, 4.69) is 10.1 Å². The molecule has 7 heteroatoms. The molecule has 1 atom stereocenters. The highest BCUT2D eigenvalue weighted by Gasteiger charge is 2.29. The predicted molar refractivity (Wildman–Crippen MR) is 107 cm³/mol. The SMILES string of the molecule is COc1cccc(C(=O)N2CCCC(c3nc(-c4cccc(OC)c4)no3)C2)c1. The Bertz CT molecular complexity index is 1000. The van der Waals surface area contributed by atoms with Crippen molar-refractivity contribution in [2.24, 2.45) is 0 Å². The van der Waals surface area contributed by atoms with Crippen molar-refractivity contribution in [3.63, 3.8) is 0 Å². The maximum absolute atomic E-state index is 12.9. The fraction of sp³-hybridized carbons (Fsp3) is 0.318. The molecular weight excluding hydrogens is 370 g/mol. The molecule has 0 spiro atoms. The third kappa shape index (κ3) is 4.08. The van der Waals surface area contributed by atoms with Crippen molar-refractivity contribution in [1.82, 2.24) is 15.0 Å². The van der Waals surface area contributed by atoms with Gasteiger partial charge in [0.25, 0.3) is 5.91 Å². The van der Waals surface area contributed by atoms with Crippen molar-refractivity contribution in [3.8, 4) is 22.9 Å². The van der Waals surface area contributed by atoms with Crippen LogP contribution in [-0.2, 0) is 0 Å². The molecule has 150 valence electrons. The van der Waals surface area contributed by atoms with E-state index in [0.717, 1.165) is 24.2 Å². The summed E-state index contributed by atoms with van der Waals surface area (Å²) in [6, 6.07) is 14.8. The van der Waals surface area contributed by atoms with Crippen LogP contribution in [-0.4, -0.2) is 48.3 Å². The monoisotopic (exact) mass is 393 g/mol. The van der Waals surface area contributed by atoms with Crippen LogP contribution in [0.3, 0.4) is 0 Å². The Labute approximate surface area is 169 Å². The number of amides is 1. The van der Waals surface area contributed by atoms with E-state index in [4.69, 9.17) is 14.0 Å². The summed E-state index contributed by atoms with van der Waals surface area (Å²) >= 11 is 0. The zero-order valence-electron chi connectivity index (χ0n) is 16.5. The molecular formula is C22H23N3O4. The first-order chi connectivity index (χ1) is 14.2. The molecule has 7 nitrogen and oxygen atoms in total. The molecule has 1 aliphatic rings. The van der Waals surface area contributed by atoms with E-state index in [0.29, 0.717) is 36.1 Å². The first-order valence-corrected chi connectivity index (χ1v) is 9.59. The summed E-state index contributed by atoms with van der Waals surface area (Å²) in [5.74, 6) is 2.50. The van der Waals surface area contributed by atoms with Crippen LogP contribution >= 0.6 is 0 Å². The summed E-state index contributed by atoms with van der Waals surface area (Å²) < 4.78 is 16.0. The van der Waals surface area contributed by atoms with Gasteiger partial charge in [0.1, 0.15) is 11.5 Å². The highest BCUT2D eigenvalue weighted by molar-refractivity contribution is 5.94. The first kappa shape index (κ1) is 19.0. The Kier molecular flexibility index (Phi) is 5.46. The van der Waals surface area contributed by atoms with Crippen molar-refractivity contribution >= 4 is 5.91 Å². The third-order valence-corrected chi connectivity index (χ3v) is 5.14. The van der Waals surface area contributed by atoms with E-state index in [1.807, 2.05) is 47.4 Å². The second kappa shape index (κ2) is 8.34. The van der Waals surface area contributed by atoms with Crippen molar-refractivity contribution in [2.75, 3.05) is 27.3 Å². The second-order valence-corrected chi connectivity index (χ2v) is 7.01. The molecule has 4 rings (SSSR count). The number of hydrogen-bond donors (Lipinski definition) is 0. The average Bonchev–Trinajstić information content (AvgIpc) is 3.29. The van der Waals surface area contributed by atoms with Crippen LogP contribution < -0.4 is 9.47 Å². The highest BCUT2D eigenvalue weighted by Crippen LogP contribution is 2.29. The molecule has 0 radical (unpaired) electrons. The fourth-order valence-corrected chi connectivity index (χ4v) is 3.58. The molecule has 2 aromatic carbocycles. The fourth-order valence-electron chi connectivity index (χ4n) is 3.58. The van der Waals surface area contributed by atoms with E-state index in [1.165, 1.54) is 0 Å². The number of rotatable bonds is 5. The Morgan fingerprint density at radius 2 is 1.86 bits per heavy atom. The van der Waals surface area contributed by atoms with Gasteiger partial charge in [0.2, 0.25) is 11.7 Å². The number of nitrogens with zero attached hydrogens (tertiary/aromatic N) is 3. The van der Waals surface area contributed by atoms with Crippen LogP contribution in [0.25, 0.3) is 11.4 Å². The zero-order chi connectivity index (χ0) is 20.2. The minimum atomic E-state index is -0.0128. The maximum atomic E-state index is 12.9. The van der Waals surface area contributed by atoms with Crippen LogP contribution in [0.4, 0.5) is 0 Å². The number of carbonyl (C=O) groups is 1. The van der Waals surface area contributed by atoms with Gasteiger partial charge in [-0.2, -0.15) is 4.98 Å². The minimum absolute atomic E-state index is 0.0128. The molecule has 0 saturated carbocycles. The largest absolute Gasteiger partial charge is 0.497 e. The number of ether oxygens (including phenoxy) is 2. The number of likely N-dealkylation sites (tertiary alicyclic amines) is 1. The smallest absolute Gasteiger partial charge is 0.254 e. The average molecular weight is 393 g/mol. The Morgan fingerprint density at radius 3 is 2.66 bits per heavy atom. The molecule has 1 fully saturated rings. The molecule has 1 amide bonds. The molecule has 1 aliphatic heterocycles. The lowest BCUT2D eigenvalue weighted by molar-refractivity contribution is 0.0695. The van der Waals surface area contributed by atoms with Crippen LogP contribution in [0.5, 0.6) is 11.5 Å². The lowest BCUT2D eigenvalue weighted by Crippen LogP contribution is -2.39. The predicted octanol–water partition coefficient (Wildman–Crippen LogP) is 3.77. The van der Waals surface area contributed by atoms with Gasteiger partial charge in [-0.15, -0.1) is 0 Å². The minimum Gasteiger partial charge on any atom is -0.497 e. The summed E-state index contributed by atoms with van der Waals surface area (Å²) in [7, 11) is 3.21. The molecule has 29 heavy (non-hydrogen) atoms. The third-order valence-electron chi connectivity index (χ3n) is 5.14. The van der Waals surface area contributed by atoms with E-state index in [-0.39, 0.29) is 11.8 Å². The zero-order valence-corrected chi connectivity index (χ0v) is 16.5. The van der Waals surface area contributed by atoms with Gasteiger partial charge in [-0.3, -0.25) is 4.79 Å². The molecule has 3 aromatic rings. The Hall–Kier alpha value is -3.35. The highest BCUT2D eigenvalue weighted by atomic mass is 16.5. The summed E-state index contributed by atoms with van der Waals surface area (Å²) in [6.07, 6.45) is 1.79. The number of piperidine rings is 1. The standard InChI is InChI=1S/C22H23N3O4/c1-27-18-9-3-6-15(12-18)20-23-21(29-24-20)17-8-5-11-25(14-17)22(26)16-7-4-10-19(13-16)28-2/h3-4,6-7,9-10,12-13,17H,5,8,11,14H2,1-2H3.